The van der Waals surface area contributed by atoms with Gasteiger partial charge in [0.1, 0.15) is 0 Å². The lowest BCUT2D eigenvalue weighted by molar-refractivity contribution is -0.130. The number of nitrogens with zero attached hydrogens (tertiary/aromatic N) is 1. The van der Waals surface area contributed by atoms with Crippen LogP contribution in [0, 0.1) is 11.8 Å². The summed E-state index contributed by atoms with van der Waals surface area (Å²) in [6.45, 7) is 5.82. The molecule has 0 aromatic carbocycles. The molecule has 1 amide bonds. The summed E-state index contributed by atoms with van der Waals surface area (Å²) in [5.74, 6) is -0.227. The molecule has 0 saturated heterocycles. The fourth-order valence-corrected chi connectivity index (χ4v) is 3.50. The Morgan fingerprint density at radius 1 is 1.24 bits per heavy atom. The van der Waals surface area contributed by atoms with Gasteiger partial charge in [0.25, 0.3) is 5.91 Å². The van der Waals surface area contributed by atoms with E-state index < -0.39 is 12.1 Å². The molecule has 1 aliphatic carbocycles. The second kappa shape index (κ2) is 8.56. The lowest BCUT2D eigenvalue weighted by Crippen LogP contribution is -2.47. The number of amides is 1. The molecule has 1 N–H and O–H groups in total. The van der Waals surface area contributed by atoms with E-state index in [1.807, 2.05) is 0 Å². The molecule has 138 valence electrons. The van der Waals surface area contributed by atoms with E-state index in [4.69, 9.17) is 39.5 Å². The highest BCUT2D eigenvalue weighted by Crippen LogP contribution is 2.32. The van der Waals surface area contributed by atoms with Gasteiger partial charge in [-0.3, -0.25) is 4.79 Å². The number of pyridine rings is 1. The third-order valence-corrected chi connectivity index (χ3v) is 6.04. The first kappa shape index (κ1) is 20.3. The van der Waals surface area contributed by atoms with Gasteiger partial charge in [0.15, 0.2) is 11.8 Å². The van der Waals surface area contributed by atoms with Gasteiger partial charge in [0.2, 0.25) is 0 Å². The number of esters is 1. The van der Waals surface area contributed by atoms with Gasteiger partial charge in [0, 0.05) is 12.2 Å². The van der Waals surface area contributed by atoms with Crippen LogP contribution in [0.1, 0.15) is 50.5 Å². The van der Waals surface area contributed by atoms with Crippen molar-refractivity contribution >= 4 is 46.7 Å². The first-order valence-electron chi connectivity index (χ1n) is 8.23. The van der Waals surface area contributed by atoms with Crippen molar-refractivity contribution in [3.63, 3.8) is 0 Å². The molecule has 0 aliphatic heterocycles. The lowest BCUT2D eigenvalue weighted by atomic mass is 9.78. The highest BCUT2D eigenvalue weighted by molar-refractivity contribution is 6.48. The third-order valence-electron chi connectivity index (χ3n) is 4.80. The van der Waals surface area contributed by atoms with Crippen LogP contribution in [0.15, 0.2) is 6.20 Å². The summed E-state index contributed by atoms with van der Waals surface area (Å²) < 4.78 is 5.18. The Labute approximate surface area is 162 Å². The molecule has 0 spiro atoms. The fraction of sp³-hybridized carbons (Fsp3) is 0.588. The molecule has 1 aromatic heterocycles. The summed E-state index contributed by atoms with van der Waals surface area (Å²) in [4.78, 5) is 28.4. The van der Waals surface area contributed by atoms with Gasteiger partial charge in [0.05, 0.1) is 15.1 Å². The molecule has 8 heteroatoms. The van der Waals surface area contributed by atoms with E-state index in [-0.39, 0.29) is 32.7 Å². The predicted octanol–water partition coefficient (Wildman–Crippen LogP) is 4.53. The number of hydrogen-bond donors (Lipinski definition) is 1. The predicted molar refractivity (Wildman–Crippen MR) is 98.3 cm³/mol. The van der Waals surface area contributed by atoms with Crippen LogP contribution in [0.25, 0.3) is 0 Å². The zero-order valence-corrected chi connectivity index (χ0v) is 16.6. The third kappa shape index (κ3) is 4.78. The van der Waals surface area contributed by atoms with Crippen molar-refractivity contribution in [2.75, 3.05) is 0 Å². The van der Waals surface area contributed by atoms with Crippen LogP contribution in [-0.4, -0.2) is 29.0 Å². The van der Waals surface area contributed by atoms with Crippen LogP contribution in [0.3, 0.4) is 0 Å². The highest BCUT2D eigenvalue weighted by atomic mass is 35.5. The number of hydrogen-bond acceptors (Lipinski definition) is 4. The Balaban J connectivity index is 1.99. The topological polar surface area (TPSA) is 68.3 Å². The Hall–Kier alpha value is -1.04. The molecule has 0 unspecified atom stereocenters. The van der Waals surface area contributed by atoms with Crippen molar-refractivity contribution in [3.8, 4) is 0 Å². The van der Waals surface area contributed by atoms with Gasteiger partial charge in [-0.05, 0) is 25.2 Å². The van der Waals surface area contributed by atoms with Gasteiger partial charge in [-0.2, -0.15) is 0 Å². The maximum atomic E-state index is 12.3. The molecule has 2 rings (SSSR count). The van der Waals surface area contributed by atoms with E-state index in [0.717, 1.165) is 12.8 Å². The fourth-order valence-electron chi connectivity index (χ4n) is 2.94. The van der Waals surface area contributed by atoms with Crippen LogP contribution in [0.5, 0.6) is 0 Å². The van der Waals surface area contributed by atoms with E-state index in [9.17, 15) is 9.59 Å². The lowest BCUT2D eigenvalue weighted by Gasteiger charge is -2.35. The average molecular weight is 408 g/mol. The second-order valence-corrected chi connectivity index (χ2v) is 7.68. The van der Waals surface area contributed by atoms with Crippen molar-refractivity contribution in [1.29, 1.82) is 0 Å². The number of rotatable bonds is 4. The second-order valence-electron chi connectivity index (χ2n) is 6.51. The van der Waals surface area contributed by atoms with Crippen LogP contribution >= 0.6 is 34.8 Å². The summed E-state index contributed by atoms with van der Waals surface area (Å²) in [6, 6.07) is 0.0871. The van der Waals surface area contributed by atoms with Gasteiger partial charge >= 0.3 is 5.97 Å². The largest absolute Gasteiger partial charge is 0.448 e. The van der Waals surface area contributed by atoms with Gasteiger partial charge in [-0.15, -0.1) is 0 Å². The van der Waals surface area contributed by atoms with E-state index in [2.05, 4.69) is 24.1 Å². The minimum Gasteiger partial charge on any atom is -0.448 e. The summed E-state index contributed by atoms with van der Waals surface area (Å²) in [7, 11) is 0. The zero-order chi connectivity index (χ0) is 18.7. The average Bonchev–Trinajstić information content (AvgIpc) is 2.56. The highest BCUT2D eigenvalue weighted by Gasteiger charge is 2.30. The Morgan fingerprint density at radius 2 is 1.92 bits per heavy atom. The van der Waals surface area contributed by atoms with Crippen LogP contribution in [-0.2, 0) is 9.53 Å². The maximum Gasteiger partial charge on any atom is 0.359 e. The molecule has 0 bridgehead atoms. The zero-order valence-electron chi connectivity index (χ0n) is 14.3. The first-order valence-corrected chi connectivity index (χ1v) is 9.36. The monoisotopic (exact) mass is 406 g/mol. The van der Waals surface area contributed by atoms with Gasteiger partial charge in [-0.1, -0.05) is 61.5 Å². The van der Waals surface area contributed by atoms with E-state index in [1.54, 1.807) is 0 Å². The van der Waals surface area contributed by atoms with Crippen molar-refractivity contribution in [2.24, 2.45) is 11.8 Å². The van der Waals surface area contributed by atoms with Crippen molar-refractivity contribution in [3.05, 3.63) is 27.0 Å². The van der Waals surface area contributed by atoms with Crippen LogP contribution in [0.2, 0.25) is 15.1 Å². The summed E-state index contributed by atoms with van der Waals surface area (Å²) in [5.41, 5.74) is -0.171. The van der Waals surface area contributed by atoms with Gasteiger partial charge < -0.3 is 10.1 Å². The summed E-state index contributed by atoms with van der Waals surface area (Å²) in [6.07, 6.45) is 3.41. The Bertz CT molecular complexity index is 669. The van der Waals surface area contributed by atoms with Crippen molar-refractivity contribution in [1.82, 2.24) is 10.3 Å². The molecule has 5 nitrogen and oxygen atoms in total. The quantitative estimate of drug-likeness (QED) is 0.745. The number of halogens is 3. The molecule has 25 heavy (non-hydrogen) atoms. The van der Waals surface area contributed by atoms with E-state index >= 15 is 0 Å². The molecular weight excluding hydrogens is 387 g/mol. The van der Waals surface area contributed by atoms with Crippen LogP contribution in [0.4, 0.5) is 0 Å². The summed E-state index contributed by atoms with van der Waals surface area (Å²) in [5, 5.41) is 3.03. The molecule has 1 fully saturated rings. The first-order chi connectivity index (χ1) is 11.7. The normalized spacial score (nSPS) is 24.5. The van der Waals surface area contributed by atoms with Crippen LogP contribution < -0.4 is 5.32 Å². The van der Waals surface area contributed by atoms with Gasteiger partial charge in [-0.25, -0.2) is 9.78 Å². The van der Waals surface area contributed by atoms with Crippen molar-refractivity contribution < 1.29 is 14.3 Å². The Morgan fingerprint density at radius 3 is 2.60 bits per heavy atom. The number of ether oxygens (including phenoxy) is 1. The molecule has 1 saturated carbocycles. The molecular formula is C17H21Cl3N2O3. The van der Waals surface area contributed by atoms with Crippen molar-refractivity contribution in [2.45, 2.75) is 52.2 Å². The molecule has 4 atom stereocenters. The standard InChI is InChI=1S/C17H21Cl3N2O3/c1-8-5-4-6-12(9(8)2)22-16(23)10(3)25-17(24)15-14(20)13(19)11(18)7-21-15/h7-10,12H,4-6H2,1-3H3,(H,22,23)/t8-,9-,10-,12-/m1/s1. The van der Waals surface area contributed by atoms with E-state index in [1.165, 1.54) is 19.5 Å². The maximum absolute atomic E-state index is 12.3. The van der Waals surface area contributed by atoms with E-state index in [0.29, 0.717) is 11.8 Å². The Kier molecular flexibility index (Phi) is 6.94. The minimum absolute atomic E-state index is 0.0207. The molecule has 0 radical (unpaired) electrons. The number of aromatic nitrogens is 1. The smallest absolute Gasteiger partial charge is 0.359 e. The molecule has 1 heterocycles. The molecule has 1 aromatic rings. The number of carbonyl (C=O) groups is 2. The number of nitrogens with one attached hydrogen (secondary N) is 1. The minimum atomic E-state index is -0.968. The summed E-state index contributed by atoms with van der Waals surface area (Å²) >= 11 is 17.6. The SMILES string of the molecule is C[C@@H]1[C@H](C)CCC[C@H]1NC(=O)[C@@H](C)OC(=O)c1ncc(Cl)c(Cl)c1Cl. The number of carbonyl (C=O) groups excluding carboxylic acids is 2. The molecule has 1 aliphatic rings.